The van der Waals surface area contributed by atoms with Crippen LogP contribution in [0, 0.1) is 11.8 Å². The van der Waals surface area contributed by atoms with E-state index in [1.807, 2.05) is 39.0 Å². The van der Waals surface area contributed by atoms with Crippen molar-refractivity contribution in [3.8, 4) is 11.5 Å². The molecule has 0 saturated heterocycles. The molecule has 0 spiro atoms. The van der Waals surface area contributed by atoms with Gasteiger partial charge < -0.3 is 38.0 Å². The molecule has 9 nitrogen and oxygen atoms in total. The molecule has 296 valence electrons. The van der Waals surface area contributed by atoms with Gasteiger partial charge in [-0.2, -0.15) is 0 Å². The lowest BCUT2D eigenvalue weighted by molar-refractivity contribution is -0.153. The second-order valence-electron chi connectivity index (χ2n) is 16.4. The lowest BCUT2D eigenvalue weighted by Gasteiger charge is -2.43. The van der Waals surface area contributed by atoms with Crippen LogP contribution in [-0.2, 0) is 23.7 Å². The molecule has 1 aromatic rings. The van der Waals surface area contributed by atoms with Crippen LogP contribution < -0.4 is 8.85 Å². The van der Waals surface area contributed by atoms with Crippen LogP contribution in [0.25, 0.3) is 0 Å². The van der Waals surface area contributed by atoms with Gasteiger partial charge in [0.15, 0.2) is 0 Å². The Balaban J connectivity index is 3.85. The molecule has 5 atom stereocenters. The first-order valence-corrected chi connectivity index (χ1v) is 23.2. The molecule has 11 heteroatoms. The zero-order chi connectivity index (χ0) is 39.4. The number of methoxy groups -OCH3 is 2. The highest BCUT2D eigenvalue weighted by Crippen LogP contribution is 2.47. The molecule has 1 aromatic carbocycles. The predicted molar refractivity (Wildman–Crippen MR) is 213 cm³/mol. The molecule has 0 aromatic heterocycles. The second kappa shape index (κ2) is 21.2. The van der Waals surface area contributed by atoms with E-state index in [0.29, 0.717) is 33.2 Å². The number of carbonyl (C=O) groups is 1. The third-order valence-electron chi connectivity index (χ3n) is 10.9. The average Bonchev–Trinajstić information content (AvgIpc) is 3.02. The number of aliphatic hydroxyl groups is 1. The summed E-state index contributed by atoms with van der Waals surface area (Å²) in [5.74, 6) is -0.170. The molecule has 0 saturated carbocycles. The number of aliphatic hydroxyl groups excluding tert-OH is 1. The van der Waals surface area contributed by atoms with E-state index >= 15 is 0 Å². The summed E-state index contributed by atoms with van der Waals surface area (Å²) in [6.07, 6.45) is -0.292. The molecule has 0 amide bonds. The van der Waals surface area contributed by atoms with Gasteiger partial charge in [0.25, 0.3) is 16.6 Å². The summed E-state index contributed by atoms with van der Waals surface area (Å²) in [5, 5.41) is 21.7. The molecule has 0 aliphatic heterocycles. The van der Waals surface area contributed by atoms with Gasteiger partial charge in [0.2, 0.25) is 0 Å². The second-order valence-corrected chi connectivity index (χ2v) is 27.1. The third-order valence-corrected chi connectivity index (χ3v) is 22.9. The van der Waals surface area contributed by atoms with Crippen LogP contribution in [-0.4, -0.2) is 72.8 Å². The van der Waals surface area contributed by atoms with E-state index < -0.39 is 40.9 Å². The molecule has 0 radical (unpaired) electrons. The van der Waals surface area contributed by atoms with Crippen molar-refractivity contribution in [1.82, 2.24) is 0 Å². The van der Waals surface area contributed by atoms with E-state index in [2.05, 4.69) is 89.2 Å². The summed E-state index contributed by atoms with van der Waals surface area (Å²) < 4.78 is 36.7. The van der Waals surface area contributed by atoms with E-state index in [1.54, 1.807) is 7.11 Å². The molecule has 1 rings (SSSR count). The minimum absolute atomic E-state index is 0.0155. The van der Waals surface area contributed by atoms with Gasteiger partial charge in [-0.25, -0.2) is 0 Å². The number of hydrogen-bond donors (Lipinski definition) is 2. The number of carboxylic acids is 1. The standard InChI is InChI=1S/C40H74O9Si2/c1-25(2)50(26(3)4,27(5)6)48-35-19-34(20-36(21-35)49-51(28(7)8,29(9)10)30(11)12)39(43)31(13)18-32(14)40(47-24-45-17)33(15)37(22-38(41)42)46-23-44-16/h18-21,25-31,33,37,39-40,43H,22-24H2,1-17H3,(H,41,42)/b32-18+/t31-,33+,37+,39+,40-/m1/s1. The van der Waals surface area contributed by atoms with Gasteiger partial charge in [0.1, 0.15) is 25.1 Å². The summed E-state index contributed by atoms with van der Waals surface area (Å²) >= 11 is 0. The lowest BCUT2D eigenvalue weighted by atomic mass is 9.88. The Morgan fingerprint density at radius 1 is 0.686 bits per heavy atom. The molecular weight excluding hydrogens is 681 g/mol. The van der Waals surface area contributed by atoms with Crippen molar-refractivity contribution in [2.45, 2.75) is 162 Å². The van der Waals surface area contributed by atoms with Crippen LogP contribution in [0.3, 0.4) is 0 Å². The van der Waals surface area contributed by atoms with Gasteiger partial charge in [-0.15, -0.1) is 0 Å². The number of benzene rings is 1. The van der Waals surface area contributed by atoms with E-state index in [-0.39, 0.29) is 31.8 Å². The molecule has 0 unspecified atom stereocenters. The predicted octanol–water partition coefficient (Wildman–Crippen LogP) is 10.5. The Morgan fingerprint density at radius 2 is 1.08 bits per heavy atom. The topological polar surface area (TPSA) is 113 Å². The largest absolute Gasteiger partial charge is 0.543 e. The van der Waals surface area contributed by atoms with Crippen LogP contribution in [0.4, 0.5) is 0 Å². The maximum Gasteiger partial charge on any atom is 0.305 e. The van der Waals surface area contributed by atoms with Crippen LogP contribution >= 0.6 is 0 Å². The van der Waals surface area contributed by atoms with Crippen molar-refractivity contribution in [2.24, 2.45) is 11.8 Å². The van der Waals surface area contributed by atoms with Crippen molar-refractivity contribution in [3.05, 3.63) is 35.4 Å². The Kier molecular flexibility index (Phi) is 19.7. The van der Waals surface area contributed by atoms with Gasteiger partial charge >= 0.3 is 5.97 Å². The van der Waals surface area contributed by atoms with Gasteiger partial charge in [-0.3, -0.25) is 4.79 Å². The first-order valence-electron chi connectivity index (χ1n) is 19.0. The van der Waals surface area contributed by atoms with Crippen molar-refractivity contribution >= 4 is 22.6 Å². The Hall–Kier alpha value is -1.74. The van der Waals surface area contributed by atoms with Crippen molar-refractivity contribution in [1.29, 1.82) is 0 Å². The third kappa shape index (κ3) is 12.1. The number of hydrogen-bond acceptors (Lipinski definition) is 8. The summed E-state index contributed by atoms with van der Waals surface area (Å²) in [5.41, 5.74) is 3.81. The quantitative estimate of drug-likeness (QED) is 0.0605. The summed E-state index contributed by atoms with van der Waals surface area (Å²) in [6.45, 7) is 33.1. The summed E-state index contributed by atoms with van der Waals surface area (Å²) in [6, 6.07) is 6.06. The molecule has 0 aliphatic carbocycles. The SMILES string of the molecule is COCO[C@@H](CC(=O)O)[C@H](C)[C@H](OCOC)/C(C)=C/[C@@H](C)[C@H](O)c1cc(O[Si](C(C)C)(C(C)C)C(C)C)cc(O[Si](C(C)C)(C(C)C)C(C)C)c1. The number of ether oxygens (including phenoxy) is 4. The molecular formula is C40H74O9Si2. The molecule has 2 N–H and O–H groups in total. The zero-order valence-electron chi connectivity index (χ0n) is 35.0. The smallest absolute Gasteiger partial charge is 0.305 e. The Morgan fingerprint density at radius 3 is 1.43 bits per heavy atom. The first kappa shape index (κ1) is 47.3. The molecule has 0 aliphatic rings. The van der Waals surface area contributed by atoms with E-state index in [4.69, 9.17) is 27.8 Å². The monoisotopic (exact) mass is 754 g/mol. The molecule has 0 heterocycles. The maximum atomic E-state index is 12.1. The fraction of sp³-hybridized carbons (Fsp3) is 0.775. The van der Waals surface area contributed by atoms with Crippen LogP contribution in [0.2, 0.25) is 33.2 Å². The van der Waals surface area contributed by atoms with Crippen LogP contribution in [0.5, 0.6) is 11.5 Å². The molecule has 51 heavy (non-hydrogen) atoms. The van der Waals surface area contributed by atoms with Gasteiger partial charge in [-0.1, -0.05) is 103 Å². The highest BCUT2D eigenvalue weighted by atomic mass is 28.4. The molecule has 0 fully saturated rings. The van der Waals surface area contributed by atoms with Crippen molar-refractivity contribution < 1.29 is 42.8 Å². The first-order chi connectivity index (χ1) is 23.6. The van der Waals surface area contributed by atoms with Crippen molar-refractivity contribution in [2.75, 3.05) is 27.8 Å². The highest BCUT2D eigenvalue weighted by Gasteiger charge is 2.49. The minimum Gasteiger partial charge on any atom is -0.543 e. The van der Waals surface area contributed by atoms with Gasteiger partial charge in [-0.05, 0) is 63.4 Å². The van der Waals surface area contributed by atoms with Crippen LogP contribution in [0.1, 0.15) is 122 Å². The van der Waals surface area contributed by atoms with E-state index in [0.717, 1.165) is 22.6 Å². The fourth-order valence-electron chi connectivity index (χ4n) is 8.66. The number of aliphatic carboxylic acids is 1. The highest BCUT2D eigenvalue weighted by molar-refractivity contribution is 6.78. The number of carboxylic acid groups (broad SMARTS) is 1. The van der Waals surface area contributed by atoms with E-state index in [9.17, 15) is 15.0 Å². The molecule has 0 bridgehead atoms. The Bertz CT molecular complexity index is 1120. The maximum absolute atomic E-state index is 12.1. The lowest BCUT2D eigenvalue weighted by Crippen LogP contribution is -2.51. The summed E-state index contributed by atoms with van der Waals surface area (Å²) in [7, 11) is -1.61. The van der Waals surface area contributed by atoms with Gasteiger partial charge in [0, 0.05) is 32.1 Å². The summed E-state index contributed by atoms with van der Waals surface area (Å²) in [4.78, 5) is 11.7. The minimum atomic E-state index is -2.33. The Labute approximate surface area is 313 Å². The van der Waals surface area contributed by atoms with Crippen LogP contribution in [0.15, 0.2) is 29.8 Å². The van der Waals surface area contributed by atoms with Gasteiger partial charge in [0.05, 0.1) is 24.7 Å². The normalized spacial score (nSPS) is 16.4. The number of rotatable bonds is 24. The zero-order valence-corrected chi connectivity index (χ0v) is 37.0. The average molecular weight is 755 g/mol. The van der Waals surface area contributed by atoms with E-state index in [1.165, 1.54) is 7.11 Å². The fourth-order valence-corrected chi connectivity index (χ4v) is 19.1. The van der Waals surface area contributed by atoms with Crippen molar-refractivity contribution in [3.63, 3.8) is 0 Å².